The van der Waals surface area contributed by atoms with E-state index >= 15 is 0 Å². The van der Waals surface area contributed by atoms with Crippen LogP contribution in [0.5, 0.6) is 28.7 Å². The molecule has 0 spiro atoms. The zero-order valence-corrected chi connectivity index (χ0v) is 83.0. The van der Waals surface area contributed by atoms with E-state index in [1.807, 2.05) is 176 Å². The van der Waals surface area contributed by atoms with Crippen LogP contribution in [0.3, 0.4) is 0 Å². The Balaban J connectivity index is 0.000000126. The van der Waals surface area contributed by atoms with Crippen LogP contribution in [-0.2, 0) is 82.2 Å². The van der Waals surface area contributed by atoms with Crippen LogP contribution < -0.4 is 23.7 Å². The molecule has 35 heteroatoms. The highest BCUT2D eigenvalue weighted by molar-refractivity contribution is 9.10. The first-order valence-corrected chi connectivity index (χ1v) is 54.2. The Bertz CT molecular complexity index is 8210. The number of para-hydroxylation sites is 1. The molecule has 5 aromatic heterocycles. The van der Waals surface area contributed by atoms with Gasteiger partial charge in [-0.2, -0.15) is 0 Å². The van der Waals surface area contributed by atoms with Crippen molar-refractivity contribution in [2.75, 3.05) is 31.3 Å². The molecule has 5 N–H and O–H groups in total. The van der Waals surface area contributed by atoms with E-state index in [1.165, 1.54) is 43.4 Å². The Kier molecular flexibility index (Phi) is 30.3. The van der Waals surface area contributed by atoms with Crippen molar-refractivity contribution in [2.45, 2.75) is 57.5 Å². The number of benzene rings is 15. The van der Waals surface area contributed by atoms with E-state index in [-0.39, 0.29) is 37.1 Å². The molecule has 5 heterocycles. The Hall–Kier alpha value is -14.3. The smallest absolute Gasteiger partial charge is 0.176 e. The molecular formula is C105H85BrCl3FN10O15S5. The monoisotopic (exact) mass is 2090 g/mol. The van der Waals surface area contributed by atoms with Gasteiger partial charge in [0.2, 0.25) is 0 Å². The largest absolute Gasteiger partial charge is 0.486 e. The predicted molar refractivity (Wildman–Crippen MR) is 550 cm³/mol. The molecule has 0 bridgehead atoms. The fraction of sp³-hybridized carbons (Fsp3) is 0.0952. The topological polar surface area (TPSA) is 360 Å². The summed E-state index contributed by atoms with van der Waals surface area (Å²) in [6.45, 7) is 1.31. The number of fused-ring (bicyclic) bond motifs is 5. The van der Waals surface area contributed by atoms with Crippen LogP contribution in [0.15, 0.2) is 363 Å². The number of aromatic nitrogens is 10. The van der Waals surface area contributed by atoms with Crippen molar-refractivity contribution < 1.29 is 70.2 Å². The molecule has 0 saturated heterocycles. The highest BCUT2D eigenvalue weighted by Gasteiger charge is 2.23. The predicted octanol–water partition coefficient (Wildman–Crippen LogP) is 23.9. The molecular weight excluding hydrogens is 2010 g/mol. The van der Waals surface area contributed by atoms with Crippen molar-refractivity contribution in [3.63, 3.8) is 0 Å². The van der Waals surface area contributed by atoms with Gasteiger partial charge in [0.15, 0.2) is 49.2 Å². The Morgan fingerprint density at radius 2 is 0.529 bits per heavy atom. The van der Waals surface area contributed by atoms with Gasteiger partial charge in [0, 0.05) is 73.6 Å². The minimum absolute atomic E-state index is 0.204. The van der Waals surface area contributed by atoms with Crippen molar-refractivity contribution >= 4 is 155 Å². The zero-order chi connectivity index (χ0) is 98.6. The van der Waals surface area contributed by atoms with E-state index in [1.54, 1.807) is 146 Å². The summed E-state index contributed by atoms with van der Waals surface area (Å²) < 4.78 is 163. The molecule has 20 aromatic rings. The summed E-state index contributed by atoms with van der Waals surface area (Å²) in [6.07, 6.45) is 6.06. The Morgan fingerprint density at radius 3 is 0.821 bits per heavy atom. The van der Waals surface area contributed by atoms with Gasteiger partial charge in [-0.1, -0.05) is 196 Å². The molecule has 0 aliphatic rings. The molecule has 0 radical (unpaired) electrons. The molecule has 15 aromatic carbocycles. The molecule has 0 aliphatic carbocycles. The number of aromatic amines is 5. The first kappa shape index (κ1) is 98.7. The SMILES string of the molecule is CS(=O)(=O)c1ccccc1-c1ccc2nc(COc3ccc(Cl)cc3)[nH]c2c1.CS(=O)(=O)c1ccccc1-c1ccc2nc(COc3ccc(F)cc3)[nH]c2c1.CS(=O)(=O)c1ccccc1-c1ccc2nc(COc3cccc(Br)c3)[nH]c2c1.CS(=O)(=O)c1ccccc1-c1ccc2nc(COc3cccc(Cl)c3)[nH]c2c1.CS(=O)(=O)c1ccccc1-c1ccc2nc(COc3ccccc3Cl)[nH]c2c1. The number of imidazole rings is 5. The third-order valence-electron chi connectivity index (χ3n) is 21.6. The van der Waals surface area contributed by atoms with Gasteiger partial charge >= 0.3 is 0 Å². The Labute approximate surface area is 829 Å². The maximum Gasteiger partial charge on any atom is 0.176 e. The number of hydrogen-bond donors (Lipinski definition) is 5. The lowest BCUT2D eigenvalue weighted by atomic mass is 10.1. The van der Waals surface area contributed by atoms with Crippen molar-refractivity contribution in [3.8, 4) is 84.4 Å². The average molecular weight is 2090 g/mol. The quantitative estimate of drug-likeness (QED) is 0.0355. The summed E-state index contributed by atoms with van der Waals surface area (Å²) in [6, 6.07) is 97.8. The molecule has 140 heavy (non-hydrogen) atoms. The lowest BCUT2D eigenvalue weighted by Crippen LogP contribution is -1.99. The molecule has 0 fully saturated rings. The fourth-order valence-electron chi connectivity index (χ4n) is 15.1. The van der Waals surface area contributed by atoms with Gasteiger partial charge in [0.05, 0.1) is 84.7 Å². The third-order valence-corrected chi connectivity index (χ3v) is 28.6. The molecule has 0 amide bonds. The van der Waals surface area contributed by atoms with Crippen molar-refractivity contribution in [1.29, 1.82) is 0 Å². The number of halogens is 5. The number of rotatable bonds is 25. The van der Waals surface area contributed by atoms with E-state index in [4.69, 9.17) is 58.5 Å². The molecule has 25 nitrogen and oxygen atoms in total. The van der Waals surface area contributed by atoms with E-state index < -0.39 is 49.2 Å². The van der Waals surface area contributed by atoms with Crippen molar-refractivity contribution in [3.05, 3.63) is 388 Å². The summed E-state index contributed by atoms with van der Waals surface area (Å²) in [4.78, 5) is 40.2. The normalized spacial score (nSPS) is 11.6. The van der Waals surface area contributed by atoms with Gasteiger partial charge in [-0.3, -0.25) is 0 Å². The lowest BCUT2D eigenvalue weighted by Gasteiger charge is -2.07. The molecule has 0 atom stereocenters. The van der Waals surface area contributed by atoms with Crippen molar-refractivity contribution in [1.82, 2.24) is 49.8 Å². The van der Waals surface area contributed by atoms with Gasteiger partial charge in [0.25, 0.3) is 0 Å². The summed E-state index contributed by atoms with van der Waals surface area (Å²) in [5, 5.41) is 1.80. The third kappa shape index (κ3) is 25.2. The average Bonchev–Trinajstić information content (AvgIpc) is 1.52. The zero-order valence-electron chi connectivity index (χ0n) is 75.1. The van der Waals surface area contributed by atoms with Crippen LogP contribution in [0, 0.1) is 5.82 Å². The molecule has 20 rings (SSSR count). The number of H-pyrrole nitrogens is 5. The maximum absolute atomic E-state index is 13.0. The maximum atomic E-state index is 13.0. The standard InChI is InChI=1S/C21H17BrN2O3S.3C21H17ClN2O3S.C21H17FN2O3S/c1-28(25,26)20-8-3-2-7-17(20)14-9-10-18-19(11-14)24-21(23-18)13-27-16-6-4-5-15(22)12-16;1-28(25,26)20-9-5-2-6-15(20)14-10-11-17-18(12-14)24-21(23-17)13-27-19-8-4-3-7-16(19)22;1-28(25,26)20-8-3-2-7-17(20)14-9-10-18-19(11-14)24-21(23-18)13-27-16-6-4-5-15(22)12-16;2*1-28(25,26)20-5-3-2-4-17(20)14-6-11-18-19(12-14)24-21(23-18)13-27-16-9-7-15(22)8-10-16/h5*2-12H,13H2,1H3,(H,23,24). The minimum Gasteiger partial charge on any atom is -0.486 e. The number of ether oxygens (including phenoxy) is 5. The van der Waals surface area contributed by atoms with Crippen LogP contribution in [0.1, 0.15) is 29.1 Å². The highest BCUT2D eigenvalue weighted by Crippen LogP contribution is 2.38. The van der Waals surface area contributed by atoms with Gasteiger partial charge in [0.1, 0.15) is 96.7 Å². The summed E-state index contributed by atoms with van der Waals surface area (Å²) >= 11 is 21.4. The first-order chi connectivity index (χ1) is 67.0. The van der Waals surface area contributed by atoms with Gasteiger partial charge in [-0.15, -0.1) is 0 Å². The van der Waals surface area contributed by atoms with Crippen LogP contribution in [0.25, 0.3) is 111 Å². The number of sulfone groups is 5. The van der Waals surface area contributed by atoms with Crippen LogP contribution in [0.4, 0.5) is 4.39 Å². The van der Waals surface area contributed by atoms with Crippen LogP contribution in [-0.4, -0.2) is 123 Å². The van der Waals surface area contributed by atoms with Crippen LogP contribution >= 0.6 is 50.7 Å². The van der Waals surface area contributed by atoms with E-state index in [9.17, 15) is 46.5 Å². The molecule has 0 unspecified atom stereocenters. The lowest BCUT2D eigenvalue weighted by molar-refractivity contribution is 0.297. The summed E-state index contributed by atoms with van der Waals surface area (Å²) in [7, 11) is -16.7. The highest BCUT2D eigenvalue weighted by atomic mass is 79.9. The number of nitrogens with zero attached hydrogens (tertiary/aromatic N) is 5. The van der Waals surface area contributed by atoms with Crippen LogP contribution in [0.2, 0.25) is 15.1 Å². The molecule has 710 valence electrons. The van der Waals surface area contributed by atoms with E-state index in [0.29, 0.717) is 121 Å². The molecule has 0 aliphatic heterocycles. The minimum atomic E-state index is -3.34. The molecule has 0 saturated carbocycles. The second kappa shape index (κ2) is 43.0. The van der Waals surface area contributed by atoms with E-state index in [0.717, 1.165) is 93.2 Å². The second-order valence-electron chi connectivity index (χ2n) is 32.1. The van der Waals surface area contributed by atoms with Gasteiger partial charge < -0.3 is 48.6 Å². The summed E-state index contributed by atoms with van der Waals surface area (Å²) in [5.41, 5.74) is 15.3. The fourth-order valence-corrected chi connectivity index (χ4v) is 20.6. The Morgan fingerprint density at radius 1 is 0.264 bits per heavy atom. The van der Waals surface area contributed by atoms with E-state index in [2.05, 4.69) is 65.8 Å². The van der Waals surface area contributed by atoms with Crippen molar-refractivity contribution in [2.24, 2.45) is 0 Å². The second-order valence-corrected chi connectivity index (χ2v) is 44.2. The number of nitrogens with one attached hydrogen (secondary N) is 5. The first-order valence-electron chi connectivity index (χ1n) is 42.8. The number of hydrogen-bond acceptors (Lipinski definition) is 20. The van der Waals surface area contributed by atoms with Gasteiger partial charge in [-0.25, -0.2) is 71.4 Å². The summed E-state index contributed by atoms with van der Waals surface area (Å²) in [5.74, 6) is 6.25. The van der Waals surface area contributed by atoms with Gasteiger partial charge in [-0.05, 0) is 216 Å².